The number of carbonyl (C=O) groups is 2. The first kappa shape index (κ1) is 15.6. The number of hydrogen-bond donors (Lipinski definition) is 2. The van der Waals surface area contributed by atoms with E-state index in [0.717, 1.165) is 48.3 Å². The van der Waals surface area contributed by atoms with E-state index >= 15 is 0 Å². The number of benzene rings is 1. The van der Waals surface area contributed by atoms with E-state index in [4.69, 9.17) is 5.73 Å². The Hall–Kier alpha value is -2.28. The Balaban J connectivity index is 1.94. The number of thiophene rings is 1. The van der Waals surface area contributed by atoms with Crippen LogP contribution in [0, 0.1) is 11.6 Å². The molecule has 0 spiro atoms. The highest BCUT2D eigenvalue weighted by Crippen LogP contribution is 2.38. The molecule has 0 atom stereocenters. The van der Waals surface area contributed by atoms with Crippen LogP contribution in [0.4, 0.5) is 13.8 Å². The Morgan fingerprint density at radius 1 is 1.09 bits per heavy atom. The van der Waals surface area contributed by atoms with Crippen molar-refractivity contribution in [2.75, 3.05) is 5.32 Å². The van der Waals surface area contributed by atoms with Gasteiger partial charge in [-0.2, -0.15) is 0 Å². The van der Waals surface area contributed by atoms with Gasteiger partial charge in [-0.1, -0.05) is 0 Å². The number of primary amides is 1. The molecular formula is C16H14F2N2O2S. The predicted molar refractivity (Wildman–Crippen MR) is 83.8 cm³/mol. The summed E-state index contributed by atoms with van der Waals surface area (Å²) >= 11 is 1.30. The molecule has 1 aliphatic rings. The van der Waals surface area contributed by atoms with Crippen molar-refractivity contribution in [2.24, 2.45) is 5.73 Å². The first-order valence-corrected chi connectivity index (χ1v) is 7.99. The van der Waals surface area contributed by atoms with Gasteiger partial charge in [-0.05, 0) is 43.4 Å². The summed E-state index contributed by atoms with van der Waals surface area (Å²) in [4.78, 5) is 25.0. The van der Waals surface area contributed by atoms with Crippen LogP contribution in [0.25, 0.3) is 0 Å². The van der Waals surface area contributed by atoms with Crippen molar-refractivity contribution in [1.82, 2.24) is 0 Å². The molecule has 0 radical (unpaired) electrons. The second kappa shape index (κ2) is 6.08. The van der Waals surface area contributed by atoms with Crippen LogP contribution in [0.1, 0.15) is 44.0 Å². The topological polar surface area (TPSA) is 72.2 Å². The van der Waals surface area contributed by atoms with Gasteiger partial charge in [0.25, 0.3) is 11.8 Å². The number of rotatable bonds is 3. The van der Waals surface area contributed by atoms with E-state index in [9.17, 15) is 18.4 Å². The minimum atomic E-state index is -0.837. The van der Waals surface area contributed by atoms with Gasteiger partial charge in [0.1, 0.15) is 16.6 Å². The largest absolute Gasteiger partial charge is 0.365 e. The molecule has 1 heterocycles. The lowest BCUT2D eigenvalue weighted by molar-refractivity contribution is 0.100. The van der Waals surface area contributed by atoms with E-state index in [0.29, 0.717) is 16.6 Å². The lowest BCUT2D eigenvalue weighted by atomic mass is 9.95. The molecule has 120 valence electrons. The smallest absolute Gasteiger partial charge is 0.256 e. The molecule has 4 nitrogen and oxygen atoms in total. The maximum Gasteiger partial charge on any atom is 0.256 e. The molecule has 1 aromatic heterocycles. The first-order valence-electron chi connectivity index (χ1n) is 7.17. The molecule has 0 saturated heterocycles. The number of anilines is 1. The molecule has 1 aliphatic carbocycles. The third kappa shape index (κ3) is 3.10. The molecule has 0 saturated carbocycles. The molecule has 1 aromatic carbocycles. The molecule has 2 aromatic rings. The van der Waals surface area contributed by atoms with Crippen molar-refractivity contribution >= 4 is 28.2 Å². The average molecular weight is 336 g/mol. The van der Waals surface area contributed by atoms with Gasteiger partial charge >= 0.3 is 0 Å². The van der Waals surface area contributed by atoms with Crippen molar-refractivity contribution < 1.29 is 18.4 Å². The molecule has 0 aliphatic heterocycles. The SMILES string of the molecule is NC(=O)c1c(NC(=O)c2cc(F)cc(F)c2)sc2c1CCCC2. The van der Waals surface area contributed by atoms with Gasteiger partial charge < -0.3 is 11.1 Å². The Morgan fingerprint density at radius 3 is 2.39 bits per heavy atom. The Kier molecular flexibility index (Phi) is 4.12. The highest BCUT2D eigenvalue weighted by Gasteiger charge is 2.25. The highest BCUT2D eigenvalue weighted by molar-refractivity contribution is 7.17. The third-order valence-electron chi connectivity index (χ3n) is 3.77. The summed E-state index contributed by atoms with van der Waals surface area (Å²) < 4.78 is 26.5. The van der Waals surface area contributed by atoms with Gasteiger partial charge in [0.2, 0.25) is 0 Å². The number of amides is 2. The quantitative estimate of drug-likeness (QED) is 0.903. The van der Waals surface area contributed by atoms with Crippen molar-refractivity contribution in [3.05, 3.63) is 51.4 Å². The van der Waals surface area contributed by atoms with Crippen molar-refractivity contribution in [3.8, 4) is 0 Å². The van der Waals surface area contributed by atoms with Crippen molar-refractivity contribution in [1.29, 1.82) is 0 Å². The molecule has 2 amide bonds. The van der Waals surface area contributed by atoms with Crippen LogP contribution in [0.5, 0.6) is 0 Å². The Labute approximate surface area is 135 Å². The minimum Gasteiger partial charge on any atom is -0.365 e. The minimum absolute atomic E-state index is 0.149. The number of hydrogen-bond acceptors (Lipinski definition) is 3. The van der Waals surface area contributed by atoms with Crippen LogP contribution in [-0.2, 0) is 12.8 Å². The third-order valence-corrected chi connectivity index (χ3v) is 4.98. The van der Waals surface area contributed by atoms with Gasteiger partial charge in [-0.15, -0.1) is 11.3 Å². The Morgan fingerprint density at radius 2 is 1.74 bits per heavy atom. The summed E-state index contributed by atoms with van der Waals surface area (Å²) in [6.45, 7) is 0. The van der Waals surface area contributed by atoms with E-state index < -0.39 is 23.4 Å². The van der Waals surface area contributed by atoms with Crippen LogP contribution in [0.15, 0.2) is 18.2 Å². The van der Waals surface area contributed by atoms with Gasteiger partial charge in [0.15, 0.2) is 0 Å². The number of nitrogens with one attached hydrogen (secondary N) is 1. The van der Waals surface area contributed by atoms with Gasteiger partial charge in [0.05, 0.1) is 5.56 Å². The van der Waals surface area contributed by atoms with Crippen molar-refractivity contribution in [2.45, 2.75) is 25.7 Å². The summed E-state index contributed by atoms with van der Waals surface area (Å²) in [7, 11) is 0. The number of fused-ring (bicyclic) bond motifs is 1. The van der Waals surface area contributed by atoms with Gasteiger partial charge in [-0.3, -0.25) is 9.59 Å². The summed E-state index contributed by atoms with van der Waals surface area (Å²) in [6.07, 6.45) is 3.57. The zero-order chi connectivity index (χ0) is 16.6. The molecule has 0 unspecified atom stereocenters. The fourth-order valence-corrected chi connectivity index (χ4v) is 4.06. The first-order chi connectivity index (χ1) is 11.0. The average Bonchev–Trinajstić information content (AvgIpc) is 2.84. The lowest BCUT2D eigenvalue weighted by Gasteiger charge is -2.11. The number of nitrogens with two attached hydrogens (primary N) is 1. The highest BCUT2D eigenvalue weighted by atomic mass is 32.1. The normalized spacial score (nSPS) is 13.5. The van der Waals surface area contributed by atoms with Crippen LogP contribution < -0.4 is 11.1 Å². The standard InChI is InChI=1S/C16H14F2N2O2S/c17-9-5-8(6-10(18)7-9)15(22)20-16-13(14(19)21)11-3-1-2-4-12(11)23-16/h5-7H,1-4H2,(H2,19,21)(H,20,22). The molecule has 3 rings (SSSR count). The van der Waals surface area contributed by atoms with Crippen molar-refractivity contribution in [3.63, 3.8) is 0 Å². The van der Waals surface area contributed by atoms with Crippen LogP contribution in [0.3, 0.4) is 0 Å². The second-order valence-corrected chi connectivity index (χ2v) is 6.50. The maximum atomic E-state index is 13.2. The zero-order valence-electron chi connectivity index (χ0n) is 12.1. The second-order valence-electron chi connectivity index (χ2n) is 5.39. The van der Waals surface area contributed by atoms with E-state index in [-0.39, 0.29) is 5.56 Å². The summed E-state index contributed by atoms with van der Waals surface area (Å²) in [5.74, 6) is -2.96. The van der Waals surface area contributed by atoms with Crippen LogP contribution in [-0.4, -0.2) is 11.8 Å². The molecule has 3 N–H and O–H groups in total. The Bertz CT molecular complexity index is 781. The number of halogens is 2. The summed E-state index contributed by atoms with van der Waals surface area (Å²) in [6, 6.07) is 2.57. The molecule has 23 heavy (non-hydrogen) atoms. The molecule has 0 bridgehead atoms. The lowest BCUT2D eigenvalue weighted by Crippen LogP contribution is -2.18. The fourth-order valence-electron chi connectivity index (χ4n) is 2.77. The molecule has 0 fully saturated rings. The van der Waals surface area contributed by atoms with Gasteiger partial charge in [0, 0.05) is 16.5 Å². The number of aryl methyl sites for hydroxylation is 1. The van der Waals surface area contributed by atoms with Crippen LogP contribution >= 0.6 is 11.3 Å². The monoisotopic (exact) mass is 336 g/mol. The molecular weight excluding hydrogens is 322 g/mol. The predicted octanol–water partition coefficient (Wildman–Crippen LogP) is 3.26. The summed E-state index contributed by atoms with van der Waals surface area (Å²) in [5.41, 5.74) is 6.49. The zero-order valence-corrected chi connectivity index (χ0v) is 12.9. The number of carbonyl (C=O) groups excluding carboxylic acids is 2. The summed E-state index contributed by atoms with van der Waals surface area (Å²) in [5, 5.41) is 2.91. The van der Waals surface area contributed by atoms with Gasteiger partial charge in [-0.25, -0.2) is 8.78 Å². The van der Waals surface area contributed by atoms with E-state index in [1.54, 1.807) is 0 Å². The molecule has 7 heteroatoms. The van der Waals surface area contributed by atoms with E-state index in [2.05, 4.69) is 5.32 Å². The maximum absolute atomic E-state index is 13.2. The van der Waals surface area contributed by atoms with E-state index in [1.165, 1.54) is 11.3 Å². The van der Waals surface area contributed by atoms with E-state index in [1.807, 2.05) is 0 Å². The van der Waals surface area contributed by atoms with Crippen LogP contribution in [0.2, 0.25) is 0 Å². The fraction of sp³-hybridized carbons (Fsp3) is 0.250.